The van der Waals surface area contributed by atoms with E-state index in [0.717, 1.165) is 31.7 Å². The molecule has 1 aliphatic rings. The second-order valence-corrected chi connectivity index (χ2v) is 7.39. The molecule has 2 unspecified atom stereocenters. The molecule has 0 radical (unpaired) electrons. The van der Waals surface area contributed by atoms with Crippen LogP contribution in [0, 0.1) is 0 Å². The minimum absolute atomic E-state index is 0.0534. The van der Waals surface area contributed by atoms with Gasteiger partial charge in [0.15, 0.2) is 0 Å². The Morgan fingerprint density at radius 2 is 2.23 bits per heavy atom. The van der Waals surface area contributed by atoms with Gasteiger partial charge in [0.2, 0.25) is 0 Å². The van der Waals surface area contributed by atoms with E-state index >= 15 is 0 Å². The van der Waals surface area contributed by atoms with Crippen LogP contribution < -0.4 is 11.1 Å². The number of benzene rings is 2. The Kier molecular flexibility index (Phi) is 3.21. The summed E-state index contributed by atoms with van der Waals surface area (Å²) in [4.78, 5) is 15.7. The summed E-state index contributed by atoms with van der Waals surface area (Å²) in [6.45, 7) is 0. The highest BCUT2D eigenvalue weighted by Gasteiger charge is 2.32. The van der Waals surface area contributed by atoms with Crippen molar-refractivity contribution in [3.63, 3.8) is 0 Å². The SMILES string of the molecule is Nc1ccc2c(ccc3nc(C4NC(C(=O)O)CS4)sc32)c1. The zero-order chi connectivity index (χ0) is 15.3. The molecular weight excluding hydrogens is 318 g/mol. The topological polar surface area (TPSA) is 88.2 Å². The van der Waals surface area contributed by atoms with Crippen molar-refractivity contribution in [2.45, 2.75) is 11.4 Å². The van der Waals surface area contributed by atoms with Crippen LogP contribution in [0.2, 0.25) is 0 Å². The number of nitrogen functional groups attached to an aromatic ring is 1. The number of aliphatic carboxylic acids is 1. The molecule has 0 aliphatic carbocycles. The fraction of sp³-hybridized carbons (Fsp3) is 0.200. The van der Waals surface area contributed by atoms with Gasteiger partial charge in [-0.2, -0.15) is 0 Å². The number of thiazole rings is 1. The number of nitrogens with one attached hydrogen (secondary N) is 1. The first-order valence-corrected chi connectivity index (χ1v) is 8.67. The lowest BCUT2D eigenvalue weighted by molar-refractivity contribution is -0.138. The number of carboxylic acid groups (broad SMARTS) is 1. The third kappa shape index (κ3) is 2.22. The van der Waals surface area contributed by atoms with Crippen LogP contribution in [0.15, 0.2) is 30.3 Å². The number of thioether (sulfide) groups is 1. The van der Waals surface area contributed by atoms with Crippen LogP contribution in [0.1, 0.15) is 10.4 Å². The number of nitrogens with zero attached hydrogens (tertiary/aromatic N) is 1. The summed E-state index contributed by atoms with van der Waals surface area (Å²) in [6.07, 6.45) is 0. The smallest absolute Gasteiger partial charge is 0.321 e. The van der Waals surface area contributed by atoms with E-state index in [4.69, 9.17) is 10.8 Å². The Morgan fingerprint density at radius 3 is 3.00 bits per heavy atom. The predicted molar refractivity (Wildman–Crippen MR) is 91.3 cm³/mol. The maximum absolute atomic E-state index is 11.1. The van der Waals surface area contributed by atoms with Gasteiger partial charge in [0, 0.05) is 16.8 Å². The van der Waals surface area contributed by atoms with Crippen LogP contribution in [-0.2, 0) is 4.79 Å². The molecule has 2 aromatic carbocycles. The average Bonchev–Trinajstić information content (AvgIpc) is 3.13. The molecule has 22 heavy (non-hydrogen) atoms. The predicted octanol–water partition coefficient (Wildman–Crippen LogP) is 2.82. The molecule has 112 valence electrons. The molecule has 4 N–H and O–H groups in total. The Bertz CT molecular complexity index is 893. The van der Waals surface area contributed by atoms with Crippen molar-refractivity contribution in [2.75, 3.05) is 11.5 Å². The third-order valence-corrected chi connectivity index (χ3v) is 6.25. The Morgan fingerprint density at radius 1 is 1.36 bits per heavy atom. The van der Waals surface area contributed by atoms with Crippen LogP contribution in [0.4, 0.5) is 5.69 Å². The van der Waals surface area contributed by atoms with Crippen LogP contribution >= 0.6 is 23.1 Å². The average molecular weight is 331 g/mol. The second-order valence-electron chi connectivity index (χ2n) is 5.22. The van der Waals surface area contributed by atoms with Gasteiger partial charge < -0.3 is 10.8 Å². The summed E-state index contributed by atoms with van der Waals surface area (Å²) in [5, 5.41) is 15.3. The first-order chi connectivity index (χ1) is 10.6. The summed E-state index contributed by atoms with van der Waals surface area (Å²) in [5.74, 6) is -0.246. The lowest BCUT2D eigenvalue weighted by Crippen LogP contribution is -2.33. The summed E-state index contributed by atoms with van der Waals surface area (Å²) >= 11 is 3.21. The van der Waals surface area contributed by atoms with Gasteiger partial charge in [-0.05, 0) is 23.6 Å². The van der Waals surface area contributed by atoms with Crippen molar-refractivity contribution in [1.82, 2.24) is 10.3 Å². The number of carbonyl (C=O) groups is 1. The van der Waals surface area contributed by atoms with E-state index in [1.165, 1.54) is 0 Å². The van der Waals surface area contributed by atoms with Gasteiger partial charge in [-0.15, -0.1) is 23.1 Å². The van der Waals surface area contributed by atoms with Crippen molar-refractivity contribution in [2.24, 2.45) is 0 Å². The number of anilines is 1. The van der Waals surface area contributed by atoms with Gasteiger partial charge in [0.05, 0.1) is 10.2 Å². The van der Waals surface area contributed by atoms with Crippen molar-refractivity contribution in [3.8, 4) is 0 Å². The molecule has 0 spiro atoms. The number of aromatic nitrogens is 1. The first-order valence-electron chi connectivity index (χ1n) is 6.81. The van der Waals surface area contributed by atoms with Crippen molar-refractivity contribution in [3.05, 3.63) is 35.3 Å². The fourth-order valence-electron chi connectivity index (χ4n) is 2.62. The number of hydrogen-bond acceptors (Lipinski definition) is 6. The van der Waals surface area contributed by atoms with Crippen LogP contribution in [0.3, 0.4) is 0 Å². The highest BCUT2D eigenvalue weighted by Crippen LogP contribution is 2.39. The van der Waals surface area contributed by atoms with Crippen molar-refractivity contribution < 1.29 is 9.90 Å². The number of nitrogens with two attached hydrogens (primary N) is 1. The quantitative estimate of drug-likeness (QED) is 0.626. The molecule has 1 aliphatic heterocycles. The van der Waals surface area contributed by atoms with E-state index in [2.05, 4.69) is 10.3 Å². The minimum Gasteiger partial charge on any atom is -0.480 e. The van der Waals surface area contributed by atoms with Gasteiger partial charge in [-0.3, -0.25) is 10.1 Å². The standard InChI is InChI=1S/C15H13N3O2S2/c16-8-2-3-9-7(5-8)1-4-10-12(9)22-14(17-10)13-18-11(6-21-13)15(19)20/h1-5,11,13,18H,6,16H2,(H,19,20). The molecule has 1 aromatic heterocycles. The lowest BCUT2D eigenvalue weighted by atomic mass is 10.1. The molecule has 1 fully saturated rings. The van der Waals surface area contributed by atoms with E-state index in [9.17, 15) is 4.79 Å². The summed E-state index contributed by atoms with van der Waals surface area (Å²) in [6, 6.07) is 9.38. The minimum atomic E-state index is -0.808. The summed E-state index contributed by atoms with van der Waals surface area (Å²) in [7, 11) is 0. The number of fused-ring (bicyclic) bond motifs is 3. The molecule has 3 aromatic rings. The second kappa shape index (κ2) is 5.12. The molecule has 0 saturated carbocycles. The zero-order valence-electron chi connectivity index (χ0n) is 11.4. The van der Waals surface area contributed by atoms with E-state index in [-0.39, 0.29) is 5.37 Å². The molecule has 1 saturated heterocycles. The van der Waals surface area contributed by atoms with Crippen LogP contribution in [0.5, 0.6) is 0 Å². The molecule has 5 nitrogen and oxygen atoms in total. The molecule has 2 heterocycles. The Hall–Kier alpha value is -1.83. The normalized spacial score (nSPS) is 21.6. The molecule has 7 heteroatoms. The molecular formula is C15H13N3O2S2. The fourth-order valence-corrected chi connectivity index (χ4v) is 5.09. The number of hydrogen-bond donors (Lipinski definition) is 3. The monoisotopic (exact) mass is 331 g/mol. The number of carboxylic acids is 1. The number of rotatable bonds is 2. The molecule has 0 amide bonds. The Balaban J connectivity index is 1.78. The highest BCUT2D eigenvalue weighted by molar-refractivity contribution is 7.99. The van der Waals surface area contributed by atoms with Gasteiger partial charge in [0.25, 0.3) is 0 Å². The molecule has 4 rings (SSSR count). The van der Waals surface area contributed by atoms with Gasteiger partial charge in [-0.25, -0.2) is 4.98 Å². The summed E-state index contributed by atoms with van der Waals surface area (Å²) < 4.78 is 1.12. The molecule has 2 atom stereocenters. The van der Waals surface area contributed by atoms with Gasteiger partial charge >= 0.3 is 5.97 Å². The Labute approximate surface area is 134 Å². The zero-order valence-corrected chi connectivity index (χ0v) is 13.1. The van der Waals surface area contributed by atoms with Gasteiger partial charge in [0.1, 0.15) is 16.4 Å². The van der Waals surface area contributed by atoms with E-state index in [1.807, 2.05) is 30.3 Å². The van der Waals surface area contributed by atoms with Gasteiger partial charge in [-0.1, -0.05) is 12.1 Å². The maximum Gasteiger partial charge on any atom is 0.321 e. The largest absolute Gasteiger partial charge is 0.480 e. The first kappa shape index (κ1) is 13.8. The molecule has 0 bridgehead atoms. The van der Waals surface area contributed by atoms with E-state index in [0.29, 0.717) is 5.75 Å². The van der Waals surface area contributed by atoms with Crippen molar-refractivity contribution in [1.29, 1.82) is 0 Å². The van der Waals surface area contributed by atoms with Crippen molar-refractivity contribution >= 4 is 55.7 Å². The summed E-state index contributed by atoms with van der Waals surface area (Å²) in [5.41, 5.74) is 7.52. The lowest BCUT2D eigenvalue weighted by Gasteiger charge is -2.06. The van der Waals surface area contributed by atoms with E-state index < -0.39 is 12.0 Å². The van der Waals surface area contributed by atoms with Crippen LogP contribution in [0.25, 0.3) is 21.0 Å². The van der Waals surface area contributed by atoms with E-state index in [1.54, 1.807) is 23.1 Å². The maximum atomic E-state index is 11.1. The third-order valence-electron chi connectivity index (χ3n) is 3.72. The van der Waals surface area contributed by atoms with Crippen LogP contribution in [-0.4, -0.2) is 27.9 Å². The highest BCUT2D eigenvalue weighted by atomic mass is 32.2.